The first kappa shape index (κ1) is 17.2. The minimum Gasteiger partial charge on any atom is -0.481 e. The Kier molecular flexibility index (Phi) is 5.96. The van der Waals surface area contributed by atoms with E-state index >= 15 is 0 Å². The van der Waals surface area contributed by atoms with Crippen LogP contribution in [-0.4, -0.2) is 22.5 Å². The van der Waals surface area contributed by atoms with Crippen molar-refractivity contribution >= 4 is 28.9 Å². The van der Waals surface area contributed by atoms with E-state index in [9.17, 15) is 20.0 Å². The highest BCUT2D eigenvalue weighted by Gasteiger charge is 2.20. The highest BCUT2D eigenvalue weighted by atomic mass is 35.5. The molecule has 0 aliphatic heterocycles. The third kappa shape index (κ3) is 4.90. The van der Waals surface area contributed by atoms with Gasteiger partial charge in [-0.2, -0.15) is 0 Å². The minimum absolute atomic E-state index is 0.0313. The molecule has 2 N–H and O–H groups in total. The zero-order valence-corrected chi connectivity index (χ0v) is 13.0. The predicted octanol–water partition coefficient (Wildman–Crippen LogP) is 3.72. The molecule has 0 spiro atoms. The number of aliphatic carboxylic acids is 1. The molecule has 0 aliphatic rings. The molecule has 0 saturated heterocycles. The Balaban J connectivity index is 2.86. The molecule has 116 valence electrons. The van der Waals surface area contributed by atoms with Gasteiger partial charge in [0, 0.05) is 18.3 Å². The third-order valence-electron chi connectivity index (χ3n) is 3.13. The van der Waals surface area contributed by atoms with Gasteiger partial charge in [0.15, 0.2) is 0 Å². The Morgan fingerprint density at radius 2 is 2.10 bits per heavy atom. The fraction of sp³-hybridized carbons (Fsp3) is 0.500. The molecule has 1 aromatic carbocycles. The first-order valence-electron chi connectivity index (χ1n) is 6.63. The molecule has 21 heavy (non-hydrogen) atoms. The Bertz CT molecular complexity index is 546. The largest absolute Gasteiger partial charge is 0.481 e. The average Bonchev–Trinajstić information content (AvgIpc) is 2.36. The number of hydrogen-bond acceptors (Lipinski definition) is 4. The van der Waals surface area contributed by atoms with E-state index in [1.807, 2.05) is 13.8 Å². The minimum atomic E-state index is -0.859. The maximum absolute atomic E-state index is 11.2. The number of carbonyl (C=O) groups is 1. The van der Waals surface area contributed by atoms with Gasteiger partial charge in [-0.1, -0.05) is 25.4 Å². The standard InChI is InChI=1S/C14H19ClN2O4/c1-8(2)4-10(14(18)19)7-16-12-6-11(15)13(17(20)21)5-9(12)3/h5-6,8,10,16H,4,7H2,1-3H3,(H,18,19). The maximum Gasteiger partial charge on any atom is 0.308 e. The van der Waals surface area contributed by atoms with Crippen LogP contribution in [0.3, 0.4) is 0 Å². The van der Waals surface area contributed by atoms with Crippen LogP contribution in [0.4, 0.5) is 11.4 Å². The van der Waals surface area contributed by atoms with Crippen molar-refractivity contribution in [1.82, 2.24) is 0 Å². The van der Waals surface area contributed by atoms with Crippen LogP contribution >= 0.6 is 11.6 Å². The van der Waals surface area contributed by atoms with E-state index in [0.29, 0.717) is 17.7 Å². The molecule has 0 aromatic heterocycles. The van der Waals surface area contributed by atoms with Crippen LogP contribution in [0.15, 0.2) is 12.1 Å². The number of benzene rings is 1. The number of nitro groups is 1. The van der Waals surface area contributed by atoms with Crippen LogP contribution in [0.25, 0.3) is 0 Å². The van der Waals surface area contributed by atoms with Gasteiger partial charge >= 0.3 is 5.97 Å². The summed E-state index contributed by atoms with van der Waals surface area (Å²) < 4.78 is 0. The second-order valence-electron chi connectivity index (χ2n) is 5.42. The van der Waals surface area contributed by atoms with Gasteiger partial charge in [-0.15, -0.1) is 0 Å². The number of nitrogens with one attached hydrogen (secondary N) is 1. The predicted molar refractivity (Wildman–Crippen MR) is 81.9 cm³/mol. The van der Waals surface area contributed by atoms with Gasteiger partial charge < -0.3 is 10.4 Å². The normalized spacial score (nSPS) is 12.2. The number of anilines is 1. The summed E-state index contributed by atoms with van der Waals surface area (Å²) in [6, 6.07) is 2.84. The first-order valence-corrected chi connectivity index (χ1v) is 7.01. The van der Waals surface area contributed by atoms with E-state index in [0.717, 1.165) is 0 Å². The highest BCUT2D eigenvalue weighted by molar-refractivity contribution is 6.33. The molecule has 0 heterocycles. The molecule has 0 bridgehead atoms. The van der Waals surface area contributed by atoms with E-state index in [1.165, 1.54) is 12.1 Å². The van der Waals surface area contributed by atoms with E-state index in [-0.39, 0.29) is 23.2 Å². The molecule has 6 nitrogen and oxygen atoms in total. The first-order chi connectivity index (χ1) is 9.72. The maximum atomic E-state index is 11.2. The monoisotopic (exact) mass is 314 g/mol. The molecular formula is C14H19ClN2O4. The number of nitrogens with zero attached hydrogens (tertiary/aromatic N) is 1. The van der Waals surface area contributed by atoms with Crippen LogP contribution in [-0.2, 0) is 4.79 Å². The summed E-state index contributed by atoms with van der Waals surface area (Å²) in [6.45, 7) is 5.89. The van der Waals surface area contributed by atoms with Gasteiger partial charge in [-0.05, 0) is 30.9 Å². The summed E-state index contributed by atoms with van der Waals surface area (Å²) in [5.41, 5.74) is 1.11. The number of hydrogen-bond donors (Lipinski definition) is 2. The third-order valence-corrected chi connectivity index (χ3v) is 3.44. The van der Waals surface area contributed by atoms with Gasteiger partial charge in [0.2, 0.25) is 0 Å². The Morgan fingerprint density at radius 3 is 2.57 bits per heavy atom. The summed E-state index contributed by atoms with van der Waals surface area (Å²) in [5.74, 6) is -1.10. The van der Waals surface area contributed by atoms with Crippen molar-refractivity contribution in [3.8, 4) is 0 Å². The topological polar surface area (TPSA) is 92.5 Å². The fourth-order valence-electron chi connectivity index (χ4n) is 2.07. The van der Waals surface area contributed by atoms with Crippen molar-refractivity contribution in [3.05, 3.63) is 32.8 Å². The van der Waals surface area contributed by atoms with Gasteiger partial charge in [-0.3, -0.25) is 14.9 Å². The summed E-state index contributed by atoms with van der Waals surface area (Å²) >= 11 is 5.86. The van der Waals surface area contributed by atoms with Crippen LogP contribution in [0, 0.1) is 28.9 Å². The lowest BCUT2D eigenvalue weighted by atomic mass is 9.97. The molecule has 1 rings (SSSR count). The fourth-order valence-corrected chi connectivity index (χ4v) is 2.30. The molecule has 0 saturated carbocycles. The van der Waals surface area contributed by atoms with Gasteiger partial charge in [0.1, 0.15) is 5.02 Å². The SMILES string of the molecule is Cc1cc([N+](=O)[O-])c(Cl)cc1NCC(CC(C)C)C(=O)O. The van der Waals surface area contributed by atoms with Crippen LogP contribution in [0.5, 0.6) is 0 Å². The number of carboxylic acids is 1. The quantitative estimate of drug-likeness (QED) is 0.591. The second kappa shape index (κ2) is 7.26. The molecule has 1 unspecified atom stereocenters. The zero-order valence-electron chi connectivity index (χ0n) is 12.2. The second-order valence-corrected chi connectivity index (χ2v) is 5.83. The summed E-state index contributed by atoms with van der Waals surface area (Å²) in [4.78, 5) is 21.4. The highest BCUT2D eigenvalue weighted by Crippen LogP contribution is 2.30. The Labute approximate surface area is 128 Å². The summed E-state index contributed by atoms with van der Waals surface area (Å²) in [5, 5.41) is 23.0. The lowest BCUT2D eigenvalue weighted by molar-refractivity contribution is -0.384. The lowest BCUT2D eigenvalue weighted by Gasteiger charge is -2.17. The number of carboxylic acid groups (broad SMARTS) is 1. The van der Waals surface area contributed by atoms with E-state index < -0.39 is 16.8 Å². The number of rotatable bonds is 7. The summed E-state index contributed by atoms with van der Waals surface area (Å²) in [6.07, 6.45) is 0.558. The van der Waals surface area contributed by atoms with Crippen molar-refractivity contribution in [2.45, 2.75) is 27.2 Å². The smallest absolute Gasteiger partial charge is 0.308 e. The summed E-state index contributed by atoms with van der Waals surface area (Å²) in [7, 11) is 0. The molecule has 0 fully saturated rings. The van der Waals surface area contributed by atoms with Gasteiger partial charge in [0.05, 0.1) is 10.8 Å². The molecule has 0 aliphatic carbocycles. The van der Waals surface area contributed by atoms with Gasteiger partial charge in [0.25, 0.3) is 5.69 Å². The molecule has 1 atom stereocenters. The Morgan fingerprint density at radius 1 is 1.48 bits per heavy atom. The van der Waals surface area contributed by atoms with E-state index in [2.05, 4.69) is 5.32 Å². The van der Waals surface area contributed by atoms with Crippen molar-refractivity contribution in [2.75, 3.05) is 11.9 Å². The molecule has 7 heteroatoms. The van der Waals surface area contributed by atoms with Crippen LogP contribution in [0.2, 0.25) is 5.02 Å². The van der Waals surface area contributed by atoms with Gasteiger partial charge in [-0.25, -0.2) is 0 Å². The molecule has 0 radical (unpaired) electrons. The average molecular weight is 315 g/mol. The van der Waals surface area contributed by atoms with E-state index in [1.54, 1.807) is 6.92 Å². The molecular weight excluding hydrogens is 296 g/mol. The van der Waals surface area contributed by atoms with Crippen LogP contribution < -0.4 is 5.32 Å². The van der Waals surface area contributed by atoms with Crippen molar-refractivity contribution in [1.29, 1.82) is 0 Å². The van der Waals surface area contributed by atoms with Crippen LogP contribution in [0.1, 0.15) is 25.8 Å². The Hall–Kier alpha value is -1.82. The zero-order chi connectivity index (χ0) is 16.2. The number of halogens is 1. The van der Waals surface area contributed by atoms with Crippen molar-refractivity contribution < 1.29 is 14.8 Å². The number of nitro benzene ring substituents is 1. The molecule has 1 aromatic rings. The molecule has 0 amide bonds. The van der Waals surface area contributed by atoms with Crippen molar-refractivity contribution in [2.24, 2.45) is 11.8 Å². The van der Waals surface area contributed by atoms with Crippen molar-refractivity contribution in [3.63, 3.8) is 0 Å². The number of aryl methyl sites for hydroxylation is 1. The lowest BCUT2D eigenvalue weighted by Crippen LogP contribution is -2.24. The van der Waals surface area contributed by atoms with E-state index in [4.69, 9.17) is 11.6 Å².